The third-order valence-corrected chi connectivity index (χ3v) is 3.23. The zero-order valence-corrected chi connectivity index (χ0v) is 11.4. The van der Waals surface area contributed by atoms with Gasteiger partial charge in [0.25, 0.3) is 0 Å². The summed E-state index contributed by atoms with van der Waals surface area (Å²) in [6.45, 7) is 3.53. The predicted molar refractivity (Wildman–Crippen MR) is 72.6 cm³/mol. The number of carbonyl (C=O) groups is 1. The van der Waals surface area contributed by atoms with E-state index in [9.17, 15) is 4.79 Å². The smallest absolute Gasteiger partial charge is 0.164 e. The number of Topliss-reactive ketones (excluding diaryl/α,β-unsaturated/α-hetero) is 1. The second kappa shape index (κ2) is 7.24. The Morgan fingerprint density at radius 2 is 2.42 bits per heavy atom. The molecule has 1 unspecified atom stereocenters. The van der Waals surface area contributed by atoms with Crippen molar-refractivity contribution < 1.29 is 14.3 Å². The second-order valence-electron chi connectivity index (χ2n) is 4.85. The van der Waals surface area contributed by atoms with Crippen molar-refractivity contribution in [3.8, 4) is 5.75 Å². The Kier molecular flexibility index (Phi) is 5.33. The van der Waals surface area contributed by atoms with Crippen LogP contribution in [-0.4, -0.2) is 30.1 Å². The number of hydrogen-bond donors (Lipinski definition) is 0. The van der Waals surface area contributed by atoms with E-state index in [1.165, 1.54) is 0 Å². The highest BCUT2D eigenvalue weighted by Crippen LogP contribution is 2.19. The molecule has 0 radical (unpaired) electrons. The fraction of sp³-hybridized carbons (Fsp3) is 0.600. The molecule has 104 valence electrons. The van der Waals surface area contributed by atoms with E-state index in [1.54, 1.807) is 18.5 Å². The van der Waals surface area contributed by atoms with E-state index >= 15 is 0 Å². The first-order valence-corrected chi connectivity index (χ1v) is 7.02. The summed E-state index contributed by atoms with van der Waals surface area (Å²) < 4.78 is 11.0. The van der Waals surface area contributed by atoms with Gasteiger partial charge >= 0.3 is 0 Å². The molecule has 2 heterocycles. The Balaban J connectivity index is 1.86. The molecule has 0 N–H and O–H groups in total. The van der Waals surface area contributed by atoms with Crippen LogP contribution in [0.1, 0.15) is 49.4 Å². The van der Waals surface area contributed by atoms with Gasteiger partial charge in [-0.2, -0.15) is 0 Å². The first kappa shape index (κ1) is 14.0. The average Bonchev–Trinajstić information content (AvgIpc) is 2.96. The van der Waals surface area contributed by atoms with Gasteiger partial charge in [-0.3, -0.25) is 9.78 Å². The SMILES string of the molecule is CCCOc1cncc(C(=O)CCC2CCCO2)c1. The fourth-order valence-corrected chi connectivity index (χ4v) is 2.18. The number of rotatable bonds is 7. The summed E-state index contributed by atoms with van der Waals surface area (Å²) in [5.74, 6) is 0.787. The zero-order chi connectivity index (χ0) is 13.5. The lowest BCUT2D eigenvalue weighted by Crippen LogP contribution is -2.09. The summed E-state index contributed by atoms with van der Waals surface area (Å²) in [4.78, 5) is 16.1. The minimum Gasteiger partial charge on any atom is -0.492 e. The first-order valence-electron chi connectivity index (χ1n) is 7.02. The molecule has 1 aromatic rings. The maximum atomic E-state index is 12.1. The molecule has 1 saturated heterocycles. The van der Waals surface area contributed by atoms with Crippen LogP contribution in [0.3, 0.4) is 0 Å². The highest BCUT2D eigenvalue weighted by atomic mass is 16.5. The van der Waals surface area contributed by atoms with Gasteiger partial charge in [-0.05, 0) is 31.7 Å². The van der Waals surface area contributed by atoms with Crippen LogP contribution in [0.2, 0.25) is 0 Å². The van der Waals surface area contributed by atoms with Gasteiger partial charge in [0.15, 0.2) is 5.78 Å². The Labute approximate surface area is 114 Å². The molecule has 1 aliphatic heterocycles. The molecular weight excluding hydrogens is 242 g/mol. The molecule has 0 amide bonds. The number of carbonyl (C=O) groups excluding carboxylic acids is 1. The van der Waals surface area contributed by atoms with Gasteiger partial charge < -0.3 is 9.47 Å². The van der Waals surface area contributed by atoms with Crippen molar-refractivity contribution >= 4 is 5.78 Å². The van der Waals surface area contributed by atoms with Crippen molar-refractivity contribution in [3.05, 3.63) is 24.0 Å². The van der Waals surface area contributed by atoms with Gasteiger partial charge in [0.2, 0.25) is 0 Å². The average molecular weight is 263 g/mol. The normalized spacial score (nSPS) is 18.5. The first-order chi connectivity index (χ1) is 9.29. The van der Waals surface area contributed by atoms with E-state index in [0.29, 0.717) is 24.3 Å². The van der Waals surface area contributed by atoms with Crippen LogP contribution in [0.4, 0.5) is 0 Å². The van der Waals surface area contributed by atoms with Crippen LogP contribution in [0, 0.1) is 0 Å². The molecule has 2 rings (SSSR count). The molecule has 0 saturated carbocycles. The van der Waals surface area contributed by atoms with Gasteiger partial charge in [0.05, 0.1) is 18.9 Å². The Bertz CT molecular complexity index is 414. The number of pyridine rings is 1. The van der Waals surface area contributed by atoms with E-state index < -0.39 is 0 Å². The molecule has 4 nitrogen and oxygen atoms in total. The van der Waals surface area contributed by atoms with E-state index in [-0.39, 0.29) is 11.9 Å². The molecule has 1 atom stereocenters. The van der Waals surface area contributed by atoms with E-state index in [2.05, 4.69) is 4.98 Å². The number of nitrogens with zero attached hydrogens (tertiary/aromatic N) is 1. The highest BCUT2D eigenvalue weighted by molar-refractivity contribution is 5.96. The third-order valence-electron chi connectivity index (χ3n) is 3.23. The lowest BCUT2D eigenvalue weighted by molar-refractivity contribution is 0.0859. The van der Waals surface area contributed by atoms with Crippen LogP contribution in [-0.2, 0) is 4.74 Å². The molecule has 0 aromatic carbocycles. The van der Waals surface area contributed by atoms with Crippen LogP contribution in [0.15, 0.2) is 18.5 Å². The maximum absolute atomic E-state index is 12.1. The summed E-state index contributed by atoms with van der Waals surface area (Å²) in [6.07, 6.45) is 7.96. The largest absolute Gasteiger partial charge is 0.492 e. The molecule has 1 aliphatic rings. The van der Waals surface area contributed by atoms with Crippen molar-refractivity contribution in [1.82, 2.24) is 4.98 Å². The van der Waals surface area contributed by atoms with Gasteiger partial charge in [-0.1, -0.05) is 6.92 Å². The number of aromatic nitrogens is 1. The van der Waals surface area contributed by atoms with Crippen molar-refractivity contribution in [1.29, 1.82) is 0 Å². The molecule has 0 spiro atoms. The van der Waals surface area contributed by atoms with E-state index in [4.69, 9.17) is 9.47 Å². The molecule has 4 heteroatoms. The van der Waals surface area contributed by atoms with Gasteiger partial charge in [0.1, 0.15) is 5.75 Å². The Morgan fingerprint density at radius 1 is 1.53 bits per heavy atom. The summed E-state index contributed by atoms with van der Waals surface area (Å²) in [5, 5.41) is 0. The molecule has 1 fully saturated rings. The maximum Gasteiger partial charge on any atom is 0.164 e. The quantitative estimate of drug-likeness (QED) is 0.709. The summed E-state index contributed by atoms with van der Waals surface area (Å²) in [7, 11) is 0. The Morgan fingerprint density at radius 3 is 3.16 bits per heavy atom. The van der Waals surface area contributed by atoms with Crippen LogP contribution < -0.4 is 4.74 Å². The topological polar surface area (TPSA) is 48.4 Å². The summed E-state index contributed by atoms with van der Waals surface area (Å²) >= 11 is 0. The third kappa shape index (κ3) is 4.31. The second-order valence-corrected chi connectivity index (χ2v) is 4.85. The fourth-order valence-electron chi connectivity index (χ4n) is 2.18. The molecular formula is C15H21NO3. The lowest BCUT2D eigenvalue weighted by Gasteiger charge is -2.09. The molecule has 0 bridgehead atoms. The predicted octanol–water partition coefficient (Wildman–Crippen LogP) is 3.01. The van der Waals surface area contributed by atoms with Crippen molar-refractivity contribution in [2.24, 2.45) is 0 Å². The molecule has 0 aliphatic carbocycles. The number of hydrogen-bond acceptors (Lipinski definition) is 4. The molecule has 19 heavy (non-hydrogen) atoms. The van der Waals surface area contributed by atoms with Crippen LogP contribution in [0.25, 0.3) is 0 Å². The lowest BCUT2D eigenvalue weighted by atomic mass is 10.0. The standard InChI is InChI=1S/C15H21NO3/c1-2-7-18-14-9-12(10-16-11-14)15(17)6-5-13-4-3-8-19-13/h9-11,13H,2-8H2,1H3. The van der Waals surface area contributed by atoms with Gasteiger partial charge in [0, 0.05) is 24.8 Å². The zero-order valence-electron chi connectivity index (χ0n) is 11.4. The highest BCUT2D eigenvalue weighted by Gasteiger charge is 2.17. The summed E-state index contributed by atoms with van der Waals surface area (Å²) in [6, 6.07) is 1.78. The van der Waals surface area contributed by atoms with E-state index in [1.807, 2.05) is 6.92 Å². The van der Waals surface area contributed by atoms with Crippen LogP contribution >= 0.6 is 0 Å². The van der Waals surface area contributed by atoms with Crippen molar-refractivity contribution in [3.63, 3.8) is 0 Å². The minimum atomic E-state index is 0.116. The minimum absolute atomic E-state index is 0.116. The number of ether oxygens (including phenoxy) is 2. The van der Waals surface area contributed by atoms with Gasteiger partial charge in [-0.25, -0.2) is 0 Å². The monoisotopic (exact) mass is 263 g/mol. The Hall–Kier alpha value is -1.42. The van der Waals surface area contributed by atoms with Gasteiger partial charge in [-0.15, -0.1) is 0 Å². The van der Waals surface area contributed by atoms with Crippen molar-refractivity contribution in [2.45, 2.75) is 45.1 Å². The molecule has 1 aromatic heterocycles. The van der Waals surface area contributed by atoms with E-state index in [0.717, 1.165) is 32.3 Å². The van der Waals surface area contributed by atoms with Crippen LogP contribution in [0.5, 0.6) is 5.75 Å². The van der Waals surface area contributed by atoms with Crippen molar-refractivity contribution in [2.75, 3.05) is 13.2 Å². The number of ketones is 1. The summed E-state index contributed by atoms with van der Waals surface area (Å²) in [5.41, 5.74) is 0.631.